The summed E-state index contributed by atoms with van der Waals surface area (Å²) in [4.78, 5) is 4.47. The van der Waals surface area contributed by atoms with Crippen LogP contribution >= 0.6 is 11.3 Å². The Labute approximate surface area is 88.7 Å². The van der Waals surface area contributed by atoms with Gasteiger partial charge in [0.1, 0.15) is 5.01 Å². The molecule has 0 spiro atoms. The molecule has 1 atom stereocenters. The second-order valence-electron chi connectivity index (χ2n) is 4.14. The molecule has 0 bridgehead atoms. The van der Waals surface area contributed by atoms with Crippen molar-refractivity contribution in [3.05, 3.63) is 16.1 Å². The van der Waals surface area contributed by atoms with E-state index in [1.165, 1.54) is 5.01 Å². The van der Waals surface area contributed by atoms with E-state index in [4.69, 9.17) is 5.73 Å². The van der Waals surface area contributed by atoms with Crippen LogP contribution in [0.2, 0.25) is 0 Å². The minimum absolute atomic E-state index is 0.367. The molecule has 78 valence electrons. The zero-order valence-electron chi connectivity index (χ0n) is 8.66. The molecule has 4 heteroatoms. The number of hydrogen-bond acceptors (Lipinski definition) is 4. The van der Waals surface area contributed by atoms with Crippen LogP contribution < -0.4 is 11.1 Å². The lowest BCUT2D eigenvalue weighted by Gasteiger charge is -2.34. The molecule has 1 aliphatic rings. The van der Waals surface area contributed by atoms with Gasteiger partial charge >= 0.3 is 0 Å². The fourth-order valence-corrected chi connectivity index (χ4v) is 2.61. The molecule has 0 aliphatic heterocycles. The number of nitrogens with two attached hydrogens (primary N) is 1. The quantitative estimate of drug-likeness (QED) is 0.798. The summed E-state index contributed by atoms with van der Waals surface area (Å²) < 4.78 is 0. The molecule has 1 saturated carbocycles. The van der Waals surface area contributed by atoms with E-state index < -0.39 is 0 Å². The maximum Gasteiger partial charge on any atom is 0.110 e. The van der Waals surface area contributed by atoms with Gasteiger partial charge in [0.05, 0.1) is 6.04 Å². The number of nitrogens with one attached hydrogen (secondary N) is 1. The van der Waals surface area contributed by atoms with Crippen LogP contribution in [0.5, 0.6) is 0 Å². The van der Waals surface area contributed by atoms with Crippen LogP contribution in [0.3, 0.4) is 0 Å². The maximum absolute atomic E-state index is 5.73. The van der Waals surface area contributed by atoms with E-state index in [1.807, 2.05) is 6.92 Å². The van der Waals surface area contributed by atoms with Gasteiger partial charge in [0.25, 0.3) is 0 Å². The van der Waals surface area contributed by atoms with Gasteiger partial charge in [0, 0.05) is 23.2 Å². The molecule has 1 aromatic rings. The van der Waals surface area contributed by atoms with Crippen molar-refractivity contribution in [2.24, 2.45) is 5.73 Å². The van der Waals surface area contributed by atoms with Crippen molar-refractivity contribution in [2.75, 3.05) is 0 Å². The Bertz CT molecular complexity index is 304. The van der Waals surface area contributed by atoms with E-state index in [0.717, 1.165) is 18.5 Å². The average molecular weight is 211 g/mol. The van der Waals surface area contributed by atoms with Crippen LogP contribution in [0, 0.1) is 6.92 Å². The smallest absolute Gasteiger partial charge is 0.110 e. The number of hydrogen-bond donors (Lipinski definition) is 2. The fraction of sp³-hybridized carbons (Fsp3) is 0.700. The minimum Gasteiger partial charge on any atom is -0.328 e. The molecular formula is C10H17N3S. The molecule has 1 aromatic heterocycles. The molecule has 1 aliphatic carbocycles. The van der Waals surface area contributed by atoms with Crippen molar-refractivity contribution < 1.29 is 0 Å². The third-order valence-corrected chi connectivity index (χ3v) is 3.81. The van der Waals surface area contributed by atoms with Crippen LogP contribution in [0.1, 0.15) is 36.5 Å². The van der Waals surface area contributed by atoms with E-state index in [1.54, 1.807) is 11.3 Å². The highest BCUT2D eigenvalue weighted by atomic mass is 32.1. The van der Waals surface area contributed by atoms with Gasteiger partial charge in [-0.15, -0.1) is 11.3 Å². The number of aromatic nitrogens is 1. The Morgan fingerprint density at radius 2 is 2.36 bits per heavy atom. The maximum atomic E-state index is 5.73. The van der Waals surface area contributed by atoms with Crippen molar-refractivity contribution in [3.8, 4) is 0 Å². The summed E-state index contributed by atoms with van der Waals surface area (Å²) in [5.74, 6) is 0. The van der Waals surface area contributed by atoms with Gasteiger partial charge in [-0.3, -0.25) is 0 Å². The summed E-state index contributed by atoms with van der Waals surface area (Å²) in [5.41, 5.74) is 6.85. The lowest BCUT2D eigenvalue weighted by atomic mass is 9.87. The Hall–Kier alpha value is -0.450. The second kappa shape index (κ2) is 3.96. The summed E-state index contributed by atoms with van der Waals surface area (Å²) in [6, 6.07) is 1.38. The van der Waals surface area contributed by atoms with Crippen molar-refractivity contribution >= 4 is 11.3 Å². The first-order valence-corrected chi connectivity index (χ1v) is 5.97. The highest BCUT2D eigenvalue weighted by molar-refractivity contribution is 7.09. The highest BCUT2D eigenvalue weighted by Crippen LogP contribution is 2.23. The van der Waals surface area contributed by atoms with Gasteiger partial charge < -0.3 is 11.1 Å². The zero-order chi connectivity index (χ0) is 10.1. The van der Waals surface area contributed by atoms with Crippen molar-refractivity contribution in [1.29, 1.82) is 0 Å². The van der Waals surface area contributed by atoms with Crippen molar-refractivity contribution in [1.82, 2.24) is 10.3 Å². The highest BCUT2D eigenvalue weighted by Gasteiger charge is 2.27. The topological polar surface area (TPSA) is 50.9 Å². The number of thiazole rings is 1. The Balaban J connectivity index is 1.86. The molecule has 1 fully saturated rings. The summed E-state index contributed by atoms with van der Waals surface area (Å²) in [6.45, 7) is 4.20. The summed E-state index contributed by atoms with van der Waals surface area (Å²) in [7, 11) is 0. The predicted octanol–water partition coefficient (Wildman–Crippen LogP) is 1.59. The monoisotopic (exact) mass is 211 g/mol. The number of nitrogens with zero attached hydrogens (tertiary/aromatic N) is 1. The van der Waals surface area contributed by atoms with E-state index in [0.29, 0.717) is 18.1 Å². The van der Waals surface area contributed by atoms with Gasteiger partial charge in [-0.2, -0.15) is 0 Å². The third-order valence-electron chi connectivity index (χ3n) is 2.67. The number of aryl methyl sites for hydroxylation is 1. The van der Waals surface area contributed by atoms with E-state index >= 15 is 0 Å². The van der Waals surface area contributed by atoms with E-state index in [9.17, 15) is 0 Å². The van der Waals surface area contributed by atoms with Gasteiger partial charge in [-0.1, -0.05) is 0 Å². The first-order valence-electron chi connectivity index (χ1n) is 5.09. The number of rotatable bonds is 3. The lowest BCUT2D eigenvalue weighted by Crippen LogP contribution is -2.49. The van der Waals surface area contributed by atoms with Gasteiger partial charge in [0.2, 0.25) is 0 Å². The third kappa shape index (κ3) is 2.13. The predicted molar refractivity (Wildman–Crippen MR) is 59.4 cm³/mol. The first-order chi connectivity index (χ1) is 6.65. The normalized spacial score (nSPS) is 28.5. The second-order valence-corrected chi connectivity index (χ2v) is 5.03. The molecular weight excluding hydrogens is 194 g/mol. The van der Waals surface area contributed by atoms with E-state index in [2.05, 4.69) is 22.6 Å². The van der Waals surface area contributed by atoms with Gasteiger partial charge in [-0.25, -0.2) is 4.98 Å². The zero-order valence-corrected chi connectivity index (χ0v) is 9.47. The Kier molecular flexibility index (Phi) is 2.85. The molecule has 3 nitrogen and oxygen atoms in total. The van der Waals surface area contributed by atoms with Gasteiger partial charge in [0.15, 0.2) is 0 Å². The van der Waals surface area contributed by atoms with Crippen LogP contribution in [0.25, 0.3) is 0 Å². The van der Waals surface area contributed by atoms with Gasteiger partial charge in [-0.05, 0) is 26.7 Å². The molecule has 2 rings (SSSR count). The van der Waals surface area contributed by atoms with Crippen LogP contribution in [0.15, 0.2) is 5.38 Å². The van der Waals surface area contributed by atoms with Crippen molar-refractivity contribution in [2.45, 2.75) is 44.8 Å². The fourth-order valence-electron chi connectivity index (χ4n) is 1.79. The molecule has 3 N–H and O–H groups in total. The molecule has 14 heavy (non-hydrogen) atoms. The average Bonchev–Trinajstić information content (AvgIpc) is 2.49. The largest absolute Gasteiger partial charge is 0.328 e. The molecule has 0 saturated heterocycles. The molecule has 1 unspecified atom stereocenters. The summed E-state index contributed by atoms with van der Waals surface area (Å²) >= 11 is 1.73. The summed E-state index contributed by atoms with van der Waals surface area (Å²) in [5, 5.41) is 6.82. The standard InChI is InChI=1S/C10H17N3S/c1-6-5-14-10(12-6)7(2)13-9-3-8(11)4-9/h5,7-9,13H,3-4,11H2,1-2H3. The van der Waals surface area contributed by atoms with Crippen molar-refractivity contribution in [3.63, 3.8) is 0 Å². The molecule has 0 amide bonds. The van der Waals surface area contributed by atoms with E-state index in [-0.39, 0.29) is 0 Å². The minimum atomic E-state index is 0.367. The molecule has 0 aromatic carbocycles. The molecule has 1 heterocycles. The summed E-state index contributed by atoms with van der Waals surface area (Å²) in [6.07, 6.45) is 2.21. The SMILES string of the molecule is Cc1csc(C(C)NC2CC(N)C2)n1. The van der Waals surface area contributed by atoms with Crippen LogP contribution in [0.4, 0.5) is 0 Å². The molecule has 0 radical (unpaired) electrons. The lowest BCUT2D eigenvalue weighted by molar-refractivity contribution is 0.272. The Morgan fingerprint density at radius 3 is 2.86 bits per heavy atom. The van der Waals surface area contributed by atoms with Crippen LogP contribution in [-0.4, -0.2) is 17.1 Å². The first kappa shape index (κ1) is 10.1. The Morgan fingerprint density at radius 1 is 1.64 bits per heavy atom. The van der Waals surface area contributed by atoms with Crippen LogP contribution in [-0.2, 0) is 0 Å².